The third-order valence-corrected chi connectivity index (χ3v) is 6.51. The summed E-state index contributed by atoms with van der Waals surface area (Å²) in [5.41, 5.74) is 0.791. The summed E-state index contributed by atoms with van der Waals surface area (Å²) in [5.74, 6) is 0.353. The fourth-order valence-electron chi connectivity index (χ4n) is 7.41. The summed E-state index contributed by atoms with van der Waals surface area (Å²) in [4.78, 5) is 0. The van der Waals surface area contributed by atoms with Crippen molar-refractivity contribution < 1.29 is 10.2 Å². The molecule has 4 fully saturated rings. The van der Waals surface area contributed by atoms with Crippen LogP contribution in [0.15, 0.2) is 0 Å². The summed E-state index contributed by atoms with van der Waals surface area (Å²) in [5, 5.41) is 21.2. The second-order valence-electron chi connectivity index (χ2n) is 10.2. The molecule has 3 unspecified atom stereocenters. The number of fused-ring (bicyclic) bond motifs is 2. The normalized spacial score (nSPS) is 53.2. The van der Waals surface area contributed by atoms with Gasteiger partial charge < -0.3 is 10.2 Å². The molecule has 4 saturated carbocycles. The molecule has 20 heavy (non-hydrogen) atoms. The first-order chi connectivity index (χ1) is 8.97. The molecule has 4 rings (SSSR count). The maximum Gasteiger partial charge on any atom is 0.0584 e. The standard InChI is InChI=1S/C18H32O2/c1-15(2)6-12(19)7-18(9-15)11-17(5)8-13(20)14(18)16(3,4)10-17/h12-14,19-20H,6-11H2,1-5H3/t12-,13?,14?,17-,18?/m1/s1. The van der Waals surface area contributed by atoms with Gasteiger partial charge in [0.05, 0.1) is 12.2 Å². The molecule has 2 N–H and O–H groups in total. The largest absolute Gasteiger partial charge is 0.393 e. The van der Waals surface area contributed by atoms with Gasteiger partial charge in [0, 0.05) is 0 Å². The fraction of sp³-hybridized carbons (Fsp3) is 1.00. The Morgan fingerprint density at radius 2 is 1.45 bits per heavy atom. The van der Waals surface area contributed by atoms with E-state index in [-0.39, 0.29) is 33.9 Å². The van der Waals surface area contributed by atoms with Crippen LogP contribution < -0.4 is 0 Å². The van der Waals surface area contributed by atoms with Gasteiger partial charge in [-0.05, 0) is 66.1 Å². The Labute approximate surface area is 124 Å². The first-order valence-corrected chi connectivity index (χ1v) is 8.33. The molecule has 4 aliphatic carbocycles. The van der Waals surface area contributed by atoms with Gasteiger partial charge in [0.2, 0.25) is 0 Å². The molecule has 0 heterocycles. The van der Waals surface area contributed by atoms with Crippen LogP contribution in [-0.4, -0.2) is 22.4 Å². The van der Waals surface area contributed by atoms with Gasteiger partial charge in [-0.25, -0.2) is 0 Å². The minimum Gasteiger partial charge on any atom is -0.393 e. The van der Waals surface area contributed by atoms with Gasteiger partial charge in [-0.1, -0.05) is 34.6 Å². The summed E-state index contributed by atoms with van der Waals surface area (Å²) in [7, 11) is 0. The van der Waals surface area contributed by atoms with Crippen molar-refractivity contribution in [1.29, 1.82) is 0 Å². The summed E-state index contributed by atoms with van der Waals surface area (Å²) in [6.45, 7) is 11.6. The van der Waals surface area contributed by atoms with E-state index in [0.717, 1.165) is 25.7 Å². The van der Waals surface area contributed by atoms with Gasteiger partial charge in [-0.15, -0.1) is 0 Å². The van der Waals surface area contributed by atoms with Gasteiger partial charge in [0.25, 0.3) is 0 Å². The Balaban J connectivity index is 2.04. The maximum absolute atomic E-state index is 10.8. The Morgan fingerprint density at radius 1 is 0.800 bits per heavy atom. The van der Waals surface area contributed by atoms with Crippen LogP contribution in [0.3, 0.4) is 0 Å². The maximum atomic E-state index is 10.8. The lowest BCUT2D eigenvalue weighted by molar-refractivity contribution is -0.225. The van der Waals surface area contributed by atoms with Gasteiger partial charge in [0.15, 0.2) is 0 Å². The Bertz CT molecular complexity index is 407. The highest BCUT2D eigenvalue weighted by atomic mass is 16.3. The molecule has 2 bridgehead atoms. The summed E-state index contributed by atoms with van der Waals surface area (Å²) in [6, 6.07) is 0. The molecule has 0 aromatic carbocycles. The van der Waals surface area contributed by atoms with Crippen LogP contribution in [0, 0.1) is 27.6 Å². The van der Waals surface area contributed by atoms with Crippen molar-refractivity contribution in [3.8, 4) is 0 Å². The van der Waals surface area contributed by atoms with Crippen LogP contribution in [0.25, 0.3) is 0 Å². The van der Waals surface area contributed by atoms with Crippen LogP contribution in [0.1, 0.15) is 73.1 Å². The highest BCUT2D eigenvalue weighted by molar-refractivity contribution is 5.14. The SMILES string of the molecule is CC1(C)C[C@@H](O)CC2(C1)C[C@]1(C)CC(O)C2C(C)(C)C1. The molecule has 0 aliphatic heterocycles. The van der Waals surface area contributed by atoms with Crippen LogP contribution in [0.4, 0.5) is 0 Å². The zero-order valence-corrected chi connectivity index (χ0v) is 13.9. The lowest BCUT2D eigenvalue weighted by Gasteiger charge is -2.68. The van der Waals surface area contributed by atoms with E-state index in [2.05, 4.69) is 34.6 Å². The monoisotopic (exact) mass is 280 g/mol. The highest BCUT2D eigenvalue weighted by Gasteiger charge is 2.64. The van der Waals surface area contributed by atoms with Crippen LogP contribution in [0.5, 0.6) is 0 Å². The number of hydrogen-bond acceptors (Lipinski definition) is 2. The zero-order chi connectivity index (χ0) is 15.0. The molecule has 2 nitrogen and oxygen atoms in total. The first-order valence-electron chi connectivity index (χ1n) is 8.33. The van der Waals surface area contributed by atoms with E-state index in [4.69, 9.17) is 0 Å². The third-order valence-electron chi connectivity index (χ3n) is 6.51. The zero-order valence-electron chi connectivity index (χ0n) is 13.9. The third kappa shape index (κ3) is 2.14. The van der Waals surface area contributed by atoms with Crippen molar-refractivity contribution in [2.24, 2.45) is 27.6 Å². The molecule has 0 aromatic heterocycles. The topological polar surface area (TPSA) is 40.5 Å². The van der Waals surface area contributed by atoms with Gasteiger partial charge in [0.1, 0.15) is 0 Å². The van der Waals surface area contributed by atoms with Crippen LogP contribution in [0.2, 0.25) is 0 Å². The molecule has 0 saturated heterocycles. The Morgan fingerprint density at radius 3 is 1.95 bits per heavy atom. The van der Waals surface area contributed by atoms with Gasteiger partial charge in [-0.2, -0.15) is 0 Å². The highest BCUT2D eigenvalue weighted by Crippen LogP contribution is 2.70. The Kier molecular flexibility index (Phi) is 2.98. The number of rotatable bonds is 0. The molecule has 1 spiro atoms. The second kappa shape index (κ2) is 4.01. The number of hydrogen-bond donors (Lipinski definition) is 2. The van der Waals surface area contributed by atoms with E-state index in [9.17, 15) is 10.2 Å². The predicted octanol–water partition coefficient (Wildman–Crippen LogP) is 3.75. The van der Waals surface area contributed by atoms with E-state index in [1.807, 2.05) is 0 Å². The lowest BCUT2D eigenvalue weighted by atomic mass is 9.38. The van der Waals surface area contributed by atoms with E-state index < -0.39 is 0 Å². The van der Waals surface area contributed by atoms with Crippen LogP contribution >= 0.6 is 0 Å². The molecule has 116 valence electrons. The van der Waals surface area contributed by atoms with E-state index in [1.165, 1.54) is 12.8 Å². The van der Waals surface area contributed by atoms with E-state index in [0.29, 0.717) is 5.92 Å². The molecular formula is C18H32O2. The quantitative estimate of drug-likeness (QED) is 0.709. The average Bonchev–Trinajstić information content (AvgIpc) is 2.04. The van der Waals surface area contributed by atoms with Crippen molar-refractivity contribution in [2.45, 2.75) is 85.4 Å². The van der Waals surface area contributed by atoms with Gasteiger partial charge >= 0.3 is 0 Å². The summed E-state index contributed by atoms with van der Waals surface area (Å²) < 4.78 is 0. The first kappa shape index (κ1) is 14.8. The minimum absolute atomic E-state index is 0.148. The van der Waals surface area contributed by atoms with E-state index in [1.54, 1.807) is 0 Å². The predicted molar refractivity (Wildman–Crippen MR) is 81.3 cm³/mol. The van der Waals surface area contributed by atoms with Gasteiger partial charge in [-0.3, -0.25) is 0 Å². The number of aliphatic hydroxyl groups is 2. The average molecular weight is 280 g/mol. The molecule has 0 radical (unpaired) electrons. The number of aliphatic hydroxyl groups excluding tert-OH is 2. The molecule has 0 aromatic rings. The van der Waals surface area contributed by atoms with Crippen molar-refractivity contribution in [2.75, 3.05) is 0 Å². The van der Waals surface area contributed by atoms with Crippen molar-refractivity contribution >= 4 is 0 Å². The smallest absolute Gasteiger partial charge is 0.0584 e. The fourth-order valence-corrected chi connectivity index (χ4v) is 7.41. The summed E-state index contributed by atoms with van der Waals surface area (Å²) >= 11 is 0. The molecular weight excluding hydrogens is 248 g/mol. The van der Waals surface area contributed by atoms with E-state index >= 15 is 0 Å². The summed E-state index contributed by atoms with van der Waals surface area (Å²) in [6.07, 6.45) is 5.98. The van der Waals surface area contributed by atoms with Crippen molar-refractivity contribution in [3.05, 3.63) is 0 Å². The molecule has 5 atom stereocenters. The molecule has 4 aliphatic rings. The molecule has 2 heteroatoms. The van der Waals surface area contributed by atoms with Crippen molar-refractivity contribution in [1.82, 2.24) is 0 Å². The minimum atomic E-state index is -0.190. The van der Waals surface area contributed by atoms with Crippen molar-refractivity contribution in [3.63, 3.8) is 0 Å². The lowest BCUT2D eigenvalue weighted by Crippen LogP contribution is -2.63. The Hall–Kier alpha value is -0.0800. The van der Waals surface area contributed by atoms with Crippen LogP contribution in [-0.2, 0) is 0 Å². The molecule has 0 amide bonds. The second-order valence-corrected chi connectivity index (χ2v) is 10.2.